The Balaban J connectivity index is 1.46. The number of nitrogens with zero attached hydrogens (tertiary/aromatic N) is 3. The molecular formula is C38H57N3O6. The first-order valence-electron chi connectivity index (χ1n) is 17.7. The highest BCUT2D eigenvalue weighted by Gasteiger charge is 2.37. The molecule has 2 aliphatic heterocycles. The van der Waals surface area contributed by atoms with Crippen LogP contribution in [0, 0.1) is 12.8 Å². The molecule has 0 radical (unpaired) electrons. The minimum absolute atomic E-state index is 0.0998. The maximum absolute atomic E-state index is 13.4. The van der Waals surface area contributed by atoms with Crippen LogP contribution in [0.4, 0.5) is 4.79 Å². The molecule has 0 bridgehead atoms. The van der Waals surface area contributed by atoms with Crippen molar-refractivity contribution in [2.45, 2.75) is 128 Å². The third-order valence-corrected chi connectivity index (χ3v) is 10.1. The van der Waals surface area contributed by atoms with E-state index in [1.54, 1.807) is 17.9 Å². The summed E-state index contributed by atoms with van der Waals surface area (Å²) in [5.74, 6) is -0.693. The monoisotopic (exact) mass is 651 g/mol. The van der Waals surface area contributed by atoms with Gasteiger partial charge in [0.1, 0.15) is 11.7 Å². The first kappa shape index (κ1) is 36.8. The standard InChI is InChI=1S/C38H57N3O6/c1-27-18-20-39-33(25-27)28(2)11-10-12-29(3)36-30(4)15-16-34(38(5,45)19-17-32(42)26-35(43)47-36)46-37(44)41-23-21-40(22-24-41)31-13-8-6-7-9-14-31/h10-12,15-16,18,20,25,28,30-32,34,36,42,45H,6-9,13-14,17,19,21-24,26H2,1-5H3/b11-10+,16-15+,29-12+/t28?,30-,32+,34-,36+,38+/m0/s1. The van der Waals surface area contributed by atoms with Gasteiger partial charge in [-0.15, -0.1) is 0 Å². The second-order valence-electron chi connectivity index (χ2n) is 14.2. The molecule has 1 amide bonds. The van der Waals surface area contributed by atoms with Gasteiger partial charge in [-0.25, -0.2) is 4.79 Å². The van der Waals surface area contributed by atoms with Crippen LogP contribution >= 0.6 is 0 Å². The number of aromatic nitrogens is 1. The molecule has 3 aliphatic rings. The Kier molecular flexibility index (Phi) is 13.6. The lowest BCUT2D eigenvalue weighted by Gasteiger charge is -2.40. The summed E-state index contributed by atoms with van der Waals surface area (Å²) in [5.41, 5.74) is 1.51. The number of pyridine rings is 1. The van der Waals surface area contributed by atoms with Crippen molar-refractivity contribution in [1.82, 2.24) is 14.8 Å². The highest BCUT2D eigenvalue weighted by molar-refractivity contribution is 5.70. The maximum Gasteiger partial charge on any atom is 0.410 e. The number of ether oxygens (including phenoxy) is 2. The molecule has 47 heavy (non-hydrogen) atoms. The molecule has 3 heterocycles. The van der Waals surface area contributed by atoms with E-state index in [1.807, 2.05) is 51.3 Å². The molecule has 1 aromatic rings. The highest BCUT2D eigenvalue weighted by Crippen LogP contribution is 2.28. The predicted octanol–water partition coefficient (Wildman–Crippen LogP) is 6.24. The molecule has 260 valence electrons. The SMILES string of the molecule is C/C(=C\C=C\C(C)c1cc(C)ccn1)[C@H]1OC(=O)C[C@H](O)CC[C@@](C)(O)[C@@H](OC(=O)N2CCN(C3CCCCCC3)CC2)/C=C/[C@@H]1C. The minimum atomic E-state index is -1.44. The van der Waals surface area contributed by atoms with Crippen molar-refractivity contribution >= 4 is 12.1 Å². The first-order chi connectivity index (χ1) is 22.4. The average molecular weight is 652 g/mol. The Morgan fingerprint density at radius 1 is 1.13 bits per heavy atom. The molecule has 6 atom stereocenters. The number of hydrogen-bond acceptors (Lipinski definition) is 8. The van der Waals surface area contributed by atoms with Gasteiger partial charge in [0.25, 0.3) is 0 Å². The number of rotatable bonds is 6. The lowest BCUT2D eigenvalue weighted by atomic mass is 9.88. The smallest absolute Gasteiger partial charge is 0.410 e. The largest absolute Gasteiger partial charge is 0.457 e. The van der Waals surface area contributed by atoms with E-state index >= 15 is 0 Å². The second-order valence-corrected chi connectivity index (χ2v) is 14.2. The van der Waals surface area contributed by atoms with E-state index in [0.29, 0.717) is 19.1 Å². The topological polar surface area (TPSA) is 112 Å². The van der Waals surface area contributed by atoms with Gasteiger partial charge >= 0.3 is 12.1 Å². The van der Waals surface area contributed by atoms with Crippen LogP contribution in [-0.2, 0) is 14.3 Å². The number of carbonyl (C=O) groups excluding carboxylic acids is 2. The van der Waals surface area contributed by atoms with Crippen molar-refractivity contribution < 1.29 is 29.3 Å². The lowest BCUT2D eigenvalue weighted by molar-refractivity contribution is -0.151. The Morgan fingerprint density at radius 2 is 1.83 bits per heavy atom. The number of esters is 1. The molecule has 1 aromatic heterocycles. The quantitative estimate of drug-likeness (QED) is 0.161. The molecule has 2 fully saturated rings. The Morgan fingerprint density at radius 3 is 2.51 bits per heavy atom. The van der Waals surface area contributed by atoms with Crippen molar-refractivity contribution in [3.8, 4) is 0 Å². The van der Waals surface area contributed by atoms with Crippen LogP contribution in [0.15, 0.2) is 54.3 Å². The molecule has 1 saturated heterocycles. The number of allylic oxidation sites excluding steroid dienone is 3. The third kappa shape index (κ3) is 11.0. The van der Waals surface area contributed by atoms with Crippen LogP contribution in [0.5, 0.6) is 0 Å². The van der Waals surface area contributed by atoms with E-state index in [9.17, 15) is 19.8 Å². The second kappa shape index (κ2) is 17.4. The van der Waals surface area contributed by atoms with E-state index in [0.717, 1.165) is 29.9 Å². The molecule has 4 rings (SSSR count). The fourth-order valence-electron chi connectivity index (χ4n) is 6.90. The molecular weight excluding hydrogens is 594 g/mol. The third-order valence-electron chi connectivity index (χ3n) is 10.1. The van der Waals surface area contributed by atoms with Crippen LogP contribution < -0.4 is 0 Å². The van der Waals surface area contributed by atoms with Gasteiger partial charge in [-0.05, 0) is 75.8 Å². The number of aliphatic hydroxyl groups excluding tert-OH is 1. The van der Waals surface area contributed by atoms with Crippen molar-refractivity contribution in [1.29, 1.82) is 0 Å². The summed E-state index contributed by atoms with van der Waals surface area (Å²) in [6, 6.07) is 4.63. The molecule has 1 unspecified atom stereocenters. The molecule has 0 spiro atoms. The zero-order valence-electron chi connectivity index (χ0n) is 29.1. The summed E-state index contributed by atoms with van der Waals surface area (Å²) in [6.07, 6.45) is 16.1. The molecule has 0 aromatic carbocycles. The van der Waals surface area contributed by atoms with Gasteiger partial charge in [-0.3, -0.25) is 14.7 Å². The fourth-order valence-corrected chi connectivity index (χ4v) is 6.90. The van der Waals surface area contributed by atoms with Crippen molar-refractivity contribution in [3.05, 3.63) is 65.5 Å². The summed E-state index contributed by atoms with van der Waals surface area (Å²) in [5, 5.41) is 22.2. The molecule has 1 aliphatic carbocycles. The molecule has 2 N–H and O–H groups in total. The first-order valence-corrected chi connectivity index (χ1v) is 17.7. The summed E-state index contributed by atoms with van der Waals surface area (Å²) in [6.45, 7) is 12.4. The summed E-state index contributed by atoms with van der Waals surface area (Å²) < 4.78 is 11.9. The zero-order chi connectivity index (χ0) is 34.0. The number of cyclic esters (lactones) is 1. The summed E-state index contributed by atoms with van der Waals surface area (Å²) in [7, 11) is 0. The van der Waals surface area contributed by atoms with Crippen molar-refractivity contribution in [2.24, 2.45) is 5.92 Å². The van der Waals surface area contributed by atoms with Crippen LogP contribution in [0.25, 0.3) is 0 Å². The highest BCUT2D eigenvalue weighted by atomic mass is 16.6. The van der Waals surface area contributed by atoms with Crippen LogP contribution in [0.2, 0.25) is 0 Å². The maximum atomic E-state index is 13.4. The van der Waals surface area contributed by atoms with Gasteiger partial charge in [-0.2, -0.15) is 0 Å². The normalized spacial score (nSPS) is 30.9. The predicted molar refractivity (Wildman–Crippen MR) is 184 cm³/mol. The lowest BCUT2D eigenvalue weighted by Crippen LogP contribution is -2.53. The van der Waals surface area contributed by atoms with Crippen LogP contribution in [0.1, 0.15) is 103 Å². The van der Waals surface area contributed by atoms with Gasteiger partial charge in [0, 0.05) is 55.9 Å². The fraction of sp³-hybridized carbons (Fsp3) is 0.658. The van der Waals surface area contributed by atoms with E-state index in [2.05, 4.69) is 29.0 Å². The minimum Gasteiger partial charge on any atom is -0.457 e. The van der Waals surface area contributed by atoms with Gasteiger partial charge in [0.05, 0.1) is 12.5 Å². The van der Waals surface area contributed by atoms with E-state index in [1.165, 1.54) is 38.5 Å². The van der Waals surface area contributed by atoms with Gasteiger partial charge < -0.3 is 24.6 Å². The van der Waals surface area contributed by atoms with E-state index in [-0.39, 0.29) is 31.1 Å². The van der Waals surface area contributed by atoms with Crippen molar-refractivity contribution in [3.63, 3.8) is 0 Å². The number of aryl methyl sites for hydroxylation is 1. The number of carbonyl (C=O) groups is 2. The number of piperazine rings is 1. The van der Waals surface area contributed by atoms with Crippen LogP contribution in [0.3, 0.4) is 0 Å². The number of aliphatic hydroxyl groups is 2. The van der Waals surface area contributed by atoms with E-state index in [4.69, 9.17) is 9.47 Å². The van der Waals surface area contributed by atoms with E-state index < -0.39 is 36.0 Å². The Hall–Kier alpha value is -3.01. The Bertz CT molecular complexity index is 1260. The summed E-state index contributed by atoms with van der Waals surface area (Å²) in [4.78, 5) is 35.0. The zero-order valence-corrected chi connectivity index (χ0v) is 29.1. The van der Waals surface area contributed by atoms with Gasteiger partial charge in [0.15, 0.2) is 6.10 Å². The molecule has 1 saturated carbocycles. The molecule has 9 heteroatoms. The van der Waals surface area contributed by atoms with Gasteiger partial charge in [-0.1, -0.05) is 63.8 Å². The van der Waals surface area contributed by atoms with Gasteiger partial charge in [0.2, 0.25) is 0 Å². The Labute approximate surface area is 281 Å². The van der Waals surface area contributed by atoms with Crippen LogP contribution in [-0.4, -0.2) is 93.2 Å². The molecule has 9 nitrogen and oxygen atoms in total. The average Bonchev–Trinajstić information content (AvgIpc) is 3.34. The number of amides is 1. The number of hydrogen-bond donors (Lipinski definition) is 2. The van der Waals surface area contributed by atoms with Crippen molar-refractivity contribution in [2.75, 3.05) is 26.2 Å². The summed E-state index contributed by atoms with van der Waals surface area (Å²) >= 11 is 0.